The smallest absolute Gasteiger partial charge is 0.309 e. The Kier molecular flexibility index (Phi) is 6.80. The summed E-state index contributed by atoms with van der Waals surface area (Å²) in [5.74, 6) is -3.54. The molecule has 1 aromatic carbocycles. The first-order chi connectivity index (χ1) is 14.3. The van der Waals surface area contributed by atoms with Crippen molar-refractivity contribution < 1.29 is 35.9 Å². The van der Waals surface area contributed by atoms with Gasteiger partial charge in [-0.15, -0.1) is 0 Å². The molecule has 12 heteroatoms. The molecule has 0 radical (unpaired) electrons. The van der Waals surface area contributed by atoms with Crippen molar-refractivity contribution in [2.24, 2.45) is 0 Å². The molecule has 1 aliphatic rings. The minimum atomic E-state index is -4.44. The van der Waals surface area contributed by atoms with Crippen LogP contribution in [0.1, 0.15) is 12.2 Å². The third-order valence-electron chi connectivity index (χ3n) is 4.28. The van der Waals surface area contributed by atoms with Gasteiger partial charge in [-0.3, -0.25) is 9.59 Å². The van der Waals surface area contributed by atoms with Crippen molar-refractivity contribution in [3.63, 3.8) is 0 Å². The summed E-state index contributed by atoms with van der Waals surface area (Å²) in [7, 11) is -4.44. The van der Waals surface area contributed by atoms with Gasteiger partial charge in [0, 0.05) is 6.54 Å². The second-order valence-electron chi connectivity index (χ2n) is 6.34. The predicted molar refractivity (Wildman–Crippen MR) is 98.2 cm³/mol. The number of ether oxygens (including phenoxy) is 1. The fourth-order valence-corrected chi connectivity index (χ4v) is 4.47. The van der Waals surface area contributed by atoms with Crippen molar-refractivity contribution >= 4 is 21.8 Å². The number of furan rings is 1. The SMILES string of the molecule is O=C(NCc1ccco1)C(=O)NCC1OCCCN1S(=O)(=O)c1cc(F)ccc1F. The van der Waals surface area contributed by atoms with Gasteiger partial charge in [-0.05, 0) is 36.8 Å². The normalized spacial score (nSPS) is 17.5. The fraction of sp³-hybridized carbons (Fsp3) is 0.333. The average Bonchev–Trinajstić information content (AvgIpc) is 3.25. The van der Waals surface area contributed by atoms with E-state index in [2.05, 4.69) is 10.6 Å². The van der Waals surface area contributed by atoms with Crippen LogP contribution in [0.3, 0.4) is 0 Å². The molecule has 2 heterocycles. The minimum absolute atomic E-state index is 0.00145. The van der Waals surface area contributed by atoms with Crippen molar-refractivity contribution in [3.8, 4) is 0 Å². The van der Waals surface area contributed by atoms with Crippen LogP contribution in [0.2, 0.25) is 0 Å². The highest BCUT2D eigenvalue weighted by atomic mass is 32.2. The van der Waals surface area contributed by atoms with E-state index < -0.39 is 44.6 Å². The summed E-state index contributed by atoms with van der Waals surface area (Å²) < 4.78 is 64.4. The number of rotatable bonds is 6. The number of benzene rings is 1. The van der Waals surface area contributed by atoms with E-state index in [0.717, 1.165) is 10.4 Å². The number of hydrogen-bond donors (Lipinski definition) is 2. The van der Waals surface area contributed by atoms with Gasteiger partial charge in [0.25, 0.3) is 0 Å². The lowest BCUT2D eigenvalue weighted by Crippen LogP contribution is -2.53. The largest absolute Gasteiger partial charge is 0.467 e. The van der Waals surface area contributed by atoms with Crippen LogP contribution in [0.4, 0.5) is 8.78 Å². The lowest BCUT2D eigenvalue weighted by molar-refractivity contribution is -0.140. The Balaban J connectivity index is 1.64. The number of carbonyl (C=O) groups excluding carboxylic acids is 2. The zero-order valence-electron chi connectivity index (χ0n) is 15.6. The van der Waals surface area contributed by atoms with Gasteiger partial charge in [0.15, 0.2) is 0 Å². The summed E-state index contributed by atoms with van der Waals surface area (Å²) in [6.45, 7) is -0.186. The van der Waals surface area contributed by atoms with E-state index >= 15 is 0 Å². The third-order valence-corrected chi connectivity index (χ3v) is 6.18. The maximum atomic E-state index is 14.0. The predicted octanol–water partition coefficient (Wildman–Crippen LogP) is 0.727. The molecule has 0 bridgehead atoms. The molecule has 1 aliphatic heterocycles. The van der Waals surface area contributed by atoms with Crippen LogP contribution in [-0.4, -0.2) is 50.5 Å². The lowest BCUT2D eigenvalue weighted by Gasteiger charge is -2.34. The van der Waals surface area contributed by atoms with Gasteiger partial charge in [0.2, 0.25) is 10.0 Å². The second-order valence-corrected chi connectivity index (χ2v) is 8.20. The maximum Gasteiger partial charge on any atom is 0.309 e. The number of nitrogens with zero attached hydrogens (tertiary/aromatic N) is 1. The highest BCUT2D eigenvalue weighted by Gasteiger charge is 2.36. The number of sulfonamides is 1. The number of carbonyl (C=O) groups is 2. The molecule has 1 atom stereocenters. The summed E-state index contributed by atoms with van der Waals surface area (Å²) in [6.07, 6.45) is 0.552. The average molecular weight is 443 g/mol. The van der Waals surface area contributed by atoms with Crippen LogP contribution in [-0.2, 0) is 30.9 Å². The van der Waals surface area contributed by atoms with Crippen LogP contribution in [0.5, 0.6) is 0 Å². The van der Waals surface area contributed by atoms with Crippen molar-refractivity contribution in [1.29, 1.82) is 0 Å². The maximum absolute atomic E-state index is 14.0. The van der Waals surface area contributed by atoms with Gasteiger partial charge in [-0.25, -0.2) is 17.2 Å². The van der Waals surface area contributed by atoms with E-state index in [1.165, 1.54) is 6.26 Å². The summed E-state index contributed by atoms with van der Waals surface area (Å²) in [5, 5.41) is 4.63. The quantitative estimate of drug-likeness (QED) is 0.636. The molecule has 0 spiro atoms. The van der Waals surface area contributed by atoms with Crippen LogP contribution < -0.4 is 10.6 Å². The Hall–Kier alpha value is -2.83. The second kappa shape index (κ2) is 9.32. The van der Waals surface area contributed by atoms with E-state index in [-0.39, 0.29) is 26.2 Å². The first-order valence-corrected chi connectivity index (χ1v) is 10.4. The standard InChI is InChI=1S/C18H19F2N3O6S/c19-12-4-5-14(20)15(9-12)30(26,27)23-6-2-8-29-16(23)11-22-18(25)17(24)21-10-13-3-1-7-28-13/h1,3-5,7,9,16H,2,6,8,10-11H2,(H,21,24)(H,22,25). The molecule has 2 N–H and O–H groups in total. The molecular formula is C18H19F2N3O6S. The molecule has 1 aromatic heterocycles. The zero-order valence-corrected chi connectivity index (χ0v) is 16.5. The van der Waals surface area contributed by atoms with Crippen molar-refractivity contribution in [3.05, 3.63) is 54.0 Å². The topological polar surface area (TPSA) is 118 Å². The van der Waals surface area contributed by atoms with E-state index in [1.54, 1.807) is 12.1 Å². The van der Waals surface area contributed by atoms with Gasteiger partial charge < -0.3 is 19.8 Å². The highest BCUT2D eigenvalue weighted by molar-refractivity contribution is 7.89. The summed E-state index contributed by atoms with van der Waals surface area (Å²) >= 11 is 0. The molecule has 0 saturated carbocycles. The minimum Gasteiger partial charge on any atom is -0.467 e. The first kappa shape index (κ1) is 21.9. The van der Waals surface area contributed by atoms with E-state index in [0.29, 0.717) is 24.3 Å². The molecule has 162 valence electrons. The number of nitrogens with one attached hydrogen (secondary N) is 2. The molecule has 1 saturated heterocycles. The lowest BCUT2D eigenvalue weighted by atomic mass is 10.3. The van der Waals surface area contributed by atoms with Gasteiger partial charge in [0.1, 0.15) is 28.5 Å². The zero-order chi connectivity index (χ0) is 21.7. The molecule has 0 aliphatic carbocycles. The molecule has 30 heavy (non-hydrogen) atoms. The van der Waals surface area contributed by atoms with Gasteiger partial charge >= 0.3 is 11.8 Å². The van der Waals surface area contributed by atoms with Crippen LogP contribution in [0.25, 0.3) is 0 Å². The molecular weight excluding hydrogens is 424 g/mol. The first-order valence-electron chi connectivity index (χ1n) is 8.96. The Morgan fingerprint density at radius 2 is 1.93 bits per heavy atom. The molecule has 2 aromatic rings. The molecule has 2 amide bonds. The Labute approximate surface area is 171 Å². The van der Waals surface area contributed by atoms with Crippen LogP contribution >= 0.6 is 0 Å². The highest BCUT2D eigenvalue weighted by Crippen LogP contribution is 2.24. The van der Waals surface area contributed by atoms with E-state index in [4.69, 9.17) is 9.15 Å². The number of hydrogen-bond acceptors (Lipinski definition) is 6. The van der Waals surface area contributed by atoms with Crippen molar-refractivity contribution in [2.45, 2.75) is 24.1 Å². The van der Waals surface area contributed by atoms with E-state index in [1.807, 2.05) is 0 Å². The summed E-state index contributed by atoms with van der Waals surface area (Å²) in [4.78, 5) is 23.0. The Morgan fingerprint density at radius 1 is 1.17 bits per heavy atom. The van der Waals surface area contributed by atoms with E-state index in [9.17, 15) is 26.8 Å². The third kappa shape index (κ3) is 5.01. The molecule has 9 nitrogen and oxygen atoms in total. The van der Waals surface area contributed by atoms with Crippen LogP contribution in [0.15, 0.2) is 45.9 Å². The monoisotopic (exact) mass is 443 g/mol. The number of amides is 2. The van der Waals surface area contributed by atoms with Crippen LogP contribution in [0, 0.1) is 11.6 Å². The summed E-state index contributed by atoms with van der Waals surface area (Å²) in [6, 6.07) is 5.34. The van der Waals surface area contributed by atoms with Gasteiger partial charge in [0.05, 0.1) is 26.0 Å². The molecule has 1 fully saturated rings. The molecule has 3 rings (SSSR count). The van der Waals surface area contributed by atoms with Crippen molar-refractivity contribution in [1.82, 2.24) is 14.9 Å². The Morgan fingerprint density at radius 3 is 2.67 bits per heavy atom. The molecule has 1 unspecified atom stereocenters. The van der Waals surface area contributed by atoms with Gasteiger partial charge in [-0.1, -0.05) is 0 Å². The van der Waals surface area contributed by atoms with Gasteiger partial charge in [-0.2, -0.15) is 4.31 Å². The summed E-state index contributed by atoms with van der Waals surface area (Å²) in [5.41, 5.74) is 0. The van der Waals surface area contributed by atoms with Crippen molar-refractivity contribution in [2.75, 3.05) is 19.7 Å². The fourth-order valence-electron chi connectivity index (χ4n) is 2.82. The number of halogens is 2. The Bertz CT molecular complexity index is 1010.